The van der Waals surface area contributed by atoms with Crippen molar-refractivity contribution in [3.63, 3.8) is 0 Å². The molecule has 1 aromatic carbocycles. The van der Waals surface area contributed by atoms with Crippen LogP contribution in [-0.4, -0.2) is 19.7 Å². The molecule has 0 N–H and O–H groups in total. The highest BCUT2D eigenvalue weighted by molar-refractivity contribution is 7.98. The van der Waals surface area contributed by atoms with Crippen LogP contribution < -0.4 is 5.56 Å². The molecule has 0 amide bonds. The lowest BCUT2D eigenvalue weighted by atomic mass is 9.89. The zero-order valence-electron chi connectivity index (χ0n) is 18.8. The molecule has 1 aliphatic carbocycles. The van der Waals surface area contributed by atoms with E-state index in [-0.39, 0.29) is 5.56 Å². The second-order valence-electron chi connectivity index (χ2n) is 8.59. The van der Waals surface area contributed by atoms with Gasteiger partial charge in [-0.2, -0.15) is 0 Å². The van der Waals surface area contributed by atoms with Gasteiger partial charge in [-0.05, 0) is 61.8 Å². The third-order valence-corrected chi connectivity index (χ3v) is 8.11. The molecule has 1 aliphatic rings. The SMILES string of the molecule is CCc1nnc(CSc2nc3sc4c(c3c(=O)n2-c2cc(C)ccc2C)CCC(C)C4)o1. The molecule has 1 unspecified atom stereocenters. The first-order valence-corrected chi connectivity index (χ1v) is 12.8. The number of fused-ring (bicyclic) bond motifs is 3. The molecular weight excluding hydrogens is 440 g/mol. The predicted molar refractivity (Wildman–Crippen MR) is 129 cm³/mol. The van der Waals surface area contributed by atoms with Gasteiger partial charge in [0, 0.05) is 11.3 Å². The quantitative estimate of drug-likeness (QED) is 0.289. The van der Waals surface area contributed by atoms with Crippen LogP contribution in [0.25, 0.3) is 15.9 Å². The number of thiophene rings is 1. The highest BCUT2D eigenvalue weighted by atomic mass is 32.2. The molecule has 6 nitrogen and oxygen atoms in total. The van der Waals surface area contributed by atoms with Crippen LogP contribution in [0.4, 0.5) is 0 Å². The van der Waals surface area contributed by atoms with Crippen molar-refractivity contribution >= 4 is 33.3 Å². The number of aromatic nitrogens is 4. The maximum atomic E-state index is 14.0. The van der Waals surface area contributed by atoms with Gasteiger partial charge in [0.05, 0.1) is 16.8 Å². The Bertz CT molecular complexity index is 1370. The molecule has 3 aromatic heterocycles. The first kappa shape index (κ1) is 21.4. The maximum Gasteiger partial charge on any atom is 0.267 e. The zero-order valence-corrected chi connectivity index (χ0v) is 20.4. The topological polar surface area (TPSA) is 73.8 Å². The van der Waals surface area contributed by atoms with Crippen molar-refractivity contribution in [3.8, 4) is 5.69 Å². The van der Waals surface area contributed by atoms with E-state index in [1.165, 1.54) is 22.2 Å². The van der Waals surface area contributed by atoms with E-state index >= 15 is 0 Å². The molecular formula is C24H26N4O2S2. The number of hydrogen-bond donors (Lipinski definition) is 0. The molecule has 1 atom stereocenters. The Morgan fingerprint density at radius 2 is 2.06 bits per heavy atom. The summed E-state index contributed by atoms with van der Waals surface area (Å²) in [6.07, 6.45) is 3.81. The Morgan fingerprint density at radius 1 is 1.25 bits per heavy atom. The highest BCUT2D eigenvalue weighted by Gasteiger charge is 2.25. The zero-order chi connectivity index (χ0) is 22.4. The van der Waals surface area contributed by atoms with Gasteiger partial charge in [-0.25, -0.2) is 4.98 Å². The lowest BCUT2D eigenvalue weighted by Gasteiger charge is -2.18. The number of benzene rings is 1. The molecule has 0 aliphatic heterocycles. The first-order valence-electron chi connectivity index (χ1n) is 11.0. The number of aryl methyl sites for hydroxylation is 4. The molecule has 0 fully saturated rings. The van der Waals surface area contributed by atoms with E-state index in [0.717, 1.165) is 46.3 Å². The fraction of sp³-hybridized carbons (Fsp3) is 0.417. The van der Waals surface area contributed by atoms with Crippen molar-refractivity contribution in [2.24, 2.45) is 5.92 Å². The number of rotatable bonds is 5. The lowest BCUT2D eigenvalue weighted by Crippen LogP contribution is -2.23. The van der Waals surface area contributed by atoms with Gasteiger partial charge >= 0.3 is 0 Å². The summed E-state index contributed by atoms with van der Waals surface area (Å²) in [5.74, 6) is 2.29. The van der Waals surface area contributed by atoms with Crippen molar-refractivity contribution in [3.05, 3.63) is 61.9 Å². The van der Waals surface area contributed by atoms with Crippen molar-refractivity contribution in [1.82, 2.24) is 19.7 Å². The van der Waals surface area contributed by atoms with Crippen molar-refractivity contribution in [2.75, 3.05) is 0 Å². The summed E-state index contributed by atoms with van der Waals surface area (Å²) < 4.78 is 7.47. The number of nitrogens with zero attached hydrogens (tertiary/aromatic N) is 4. The minimum Gasteiger partial charge on any atom is -0.424 e. The van der Waals surface area contributed by atoms with Gasteiger partial charge in [0.2, 0.25) is 11.8 Å². The monoisotopic (exact) mass is 466 g/mol. The van der Waals surface area contributed by atoms with E-state index in [4.69, 9.17) is 9.40 Å². The average Bonchev–Trinajstić information content (AvgIpc) is 3.38. The predicted octanol–water partition coefficient (Wildman–Crippen LogP) is 5.43. The minimum atomic E-state index is 0.0260. The summed E-state index contributed by atoms with van der Waals surface area (Å²) >= 11 is 3.15. The summed E-state index contributed by atoms with van der Waals surface area (Å²) in [6.45, 7) is 8.35. The van der Waals surface area contributed by atoms with E-state index in [1.807, 2.05) is 20.8 Å². The normalized spacial score (nSPS) is 15.9. The molecule has 32 heavy (non-hydrogen) atoms. The van der Waals surface area contributed by atoms with Gasteiger partial charge in [-0.15, -0.1) is 21.5 Å². The van der Waals surface area contributed by atoms with Gasteiger partial charge in [-0.1, -0.05) is 37.7 Å². The number of thioether (sulfide) groups is 1. The van der Waals surface area contributed by atoms with Gasteiger partial charge in [0.25, 0.3) is 5.56 Å². The van der Waals surface area contributed by atoms with Gasteiger partial charge in [0.15, 0.2) is 5.16 Å². The first-order chi connectivity index (χ1) is 15.4. The van der Waals surface area contributed by atoms with E-state index < -0.39 is 0 Å². The van der Waals surface area contributed by atoms with Gasteiger partial charge < -0.3 is 4.42 Å². The summed E-state index contributed by atoms with van der Waals surface area (Å²) in [4.78, 5) is 21.1. The van der Waals surface area contributed by atoms with E-state index in [1.54, 1.807) is 15.9 Å². The molecule has 0 bridgehead atoms. The fourth-order valence-electron chi connectivity index (χ4n) is 4.26. The molecule has 4 aromatic rings. The van der Waals surface area contributed by atoms with Crippen LogP contribution in [0.2, 0.25) is 0 Å². The van der Waals surface area contributed by atoms with E-state index in [9.17, 15) is 4.79 Å². The second kappa shape index (κ2) is 8.48. The minimum absolute atomic E-state index is 0.0260. The summed E-state index contributed by atoms with van der Waals surface area (Å²) in [7, 11) is 0. The molecule has 0 spiro atoms. The Hall–Kier alpha value is -2.45. The highest BCUT2D eigenvalue weighted by Crippen LogP contribution is 2.37. The van der Waals surface area contributed by atoms with Crippen LogP contribution in [0.1, 0.15) is 53.6 Å². The van der Waals surface area contributed by atoms with Crippen molar-refractivity contribution in [2.45, 2.75) is 64.3 Å². The summed E-state index contributed by atoms with van der Waals surface area (Å²) in [5.41, 5.74) is 4.28. The Kier molecular flexibility index (Phi) is 5.67. The second-order valence-corrected chi connectivity index (χ2v) is 10.6. The molecule has 0 radical (unpaired) electrons. The maximum absolute atomic E-state index is 14.0. The van der Waals surface area contributed by atoms with Gasteiger partial charge in [0.1, 0.15) is 4.83 Å². The lowest BCUT2D eigenvalue weighted by molar-refractivity contribution is 0.469. The standard InChI is InChI=1S/C24H26N4O2S2/c1-5-19-26-27-20(30-19)12-31-24-25-22-21(16-9-7-14(3)11-18(16)32-22)23(29)28(24)17-10-13(2)6-8-15(17)4/h6,8,10,14H,5,7,9,11-12H2,1-4H3. The Labute approximate surface area is 195 Å². The van der Waals surface area contributed by atoms with Crippen LogP contribution in [0, 0.1) is 19.8 Å². The Morgan fingerprint density at radius 3 is 2.84 bits per heavy atom. The summed E-state index contributed by atoms with van der Waals surface area (Å²) in [5, 5.41) is 9.65. The smallest absolute Gasteiger partial charge is 0.267 e. The van der Waals surface area contributed by atoms with Crippen LogP contribution in [0.3, 0.4) is 0 Å². The third-order valence-electron chi connectivity index (χ3n) is 6.04. The molecule has 0 saturated carbocycles. The average molecular weight is 467 g/mol. The largest absolute Gasteiger partial charge is 0.424 e. The van der Waals surface area contributed by atoms with Crippen molar-refractivity contribution in [1.29, 1.82) is 0 Å². The van der Waals surface area contributed by atoms with Gasteiger partial charge in [-0.3, -0.25) is 9.36 Å². The molecule has 5 rings (SSSR count). The molecule has 3 heterocycles. The van der Waals surface area contributed by atoms with Crippen molar-refractivity contribution < 1.29 is 4.42 Å². The number of hydrogen-bond acceptors (Lipinski definition) is 7. The Balaban J connectivity index is 1.68. The van der Waals surface area contributed by atoms with E-state index in [0.29, 0.717) is 35.0 Å². The van der Waals surface area contributed by atoms with E-state index in [2.05, 4.69) is 35.3 Å². The summed E-state index contributed by atoms with van der Waals surface area (Å²) in [6, 6.07) is 6.20. The van der Waals surface area contributed by atoms with Crippen LogP contribution in [0.5, 0.6) is 0 Å². The van der Waals surface area contributed by atoms with Crippen LogP contribution in [-0.2, 0) is 25.0 Å². The fourth-order valence-corrected chi connectivity index (χ4v) is 6.52. The molecule has 166 valence electrons. The molecule has 0 saturated heterocycles. The third kappa shape index (κ3) is 3.79. The molecule has 8 heteroatoms. The van der Waals surface area contributed by atoms with Crippen LogP contribution >= 0.6 is 23.1 Å². The van der Waals surface area contributed by atoms with Crippen LogP contribution in [0.15, 0.2) is 32.6 Å².